The zero-order valence-corrected chi connectivity index (χ0v) is 28.5. The number of rotatable bonds is 8. The van der Waals surface area contributed by atoms with E-state index in [-0.39, 0.29) is 22.3 Å². The molecular weight excluding hydrogens is 726 g/mol. The lowest BCUT2D eigenvalue weighted by atomic mass is 9.88. The lowest BCUT2D eigenvalue weighted by Gasteiger charge is -2.18. The Balaban J connectivity index is 1.93. The van der Waals surface area contributed by atoms with Gasteiger partial charge >= 0.3 is 0 Å². The van der Waals surface area contributed by atoms with Crippen molar-refractivity contribution in [3.8, 4) is 34.4 Å². The highest BCUT2D eigenvalue weighted by Gasteiger charge is 2.30. The van der Waals surface area contributed by atoms with Gasteiger partial charge in [-0.05, 0) is 81.9 Å². The van der Waals surface area contributed by atoms with Crippen LogP contribution in [0.4, 0.5) is 55.3 Å². The van der Waals surface area contributed by atoms with Gasteiger partial charge in [0.05, 0.1) is 34.4 Å². The van der Waals surface area contributed by atoms with Crippen molar-refractivity contribution < 1.29 is 43.9 Å². The standard InChI is InChI=1S/C40H24F10N4/c1-53(2)25-9-5-19(6-10-25)27-15-22(14-24(18-52)30-33(43)37(47)40(50)38(48)34(30)44)28(20-7-11-26(12-8-20)54(3)4)16-21(27)13-23(17-51)29-31(41)35(45)39(49)36(46)32(29)42/h5-16H,1-4H3/b23-13-,24-14+. The Bertz CT molecular complexity index is 2230. The molecular formula is C40H24F10N4. The van der Waals surface area contributed by atoms with Crippen molar-refractivity contribution in [1.29, 1.82) is 10.5 Å². The number of anilines is 2. The van der Waals surface area contributed by atoms with Gasteiger partial charge in [-0.1, -0.05) is 24.3 Å². The maximum atomic E-state index is 15.0. The second kappa shape index (κ2) is 15.2. The molecule has 0 unspecified atom stereocenters. The lowest BCUT2D eigenvalue weighted by Crippen LogP contribution is -2.08. The first-order valence-electron chi connectivity index (χ1n) is 15.5. The van der Waals surface area contributed by atoms with Crippen LogP contribution >= 0.6 is 0 Å². The first-order valence-corrected chi connectivity index (χ1v) is 15.5. The van der Waals surface area contributed by atoms with Crippen molar-refractivity contribution in [3.05, 3.63) is 141 Å². The molecule has 0 N–H and O–H groups in total. The fraction of sp³-hybridized carbons (Fsp3) is 0.100. The van der Waals surface area contributed by atoms with E-state index < -0.39 is 80.4 Å². The second-order valence-corrected chi connectivity index (χ2v) is 12.1. The minimum Gasteiger partial charge on any atom is -0.378 e. The topological polar surface area (TPSA) is 54.1 Å². The van der Waals surface area contributed by atoms with Crippen LogP contribution in [0.3, 0.4) is 0 Å². The third-order valence-electron chi connectivity index (χ3n) is 8.41. The van der Waals surface area contributed by atoms with Crippen molar-refractivity contribution in [2.45, 2.75) is 0 Å². The molecule has 0 spiro atoms. The van der Waals surface area contributed by atoms with Crippen LogP contribution in [0.1, 0.15) is 22.3 Å². The summed E-state index contributed by atoms with van der Waals surface area (Å²) in [4.78, 5) is 3.50. The van der Waals surface area contributed by atoms with E-state index in [0.29, 0.717) is 22.5 Å². The zero-order chi connectivity index (χ0) is 39.8. The van der Waals surface area contributed by atoms with Crippen LogP contribution in [0.15, 0.2) is 60.7 Å². The predicted molar refractivity (Wildman–Crippen MR) is 185 cm³/mol. The van der Waals surface area contributed by atoms with Crippen molar-refractivity contribution in [2.24, 2.45) is 0 Å². The lowest BCUT2D eigenvalue weighted by molar-refractivity contribution is 0.376. The highest BCUT2D eigenvalue weighted by Crippen LogP contribution is 2.39. The van der Waals surface area contributed by atoms with Gasteiger partial charge < -0.3 is 9.80 Å². The van der Waals surface area contributed by atoms with Gasteiger partial charge in [-0.3, -0.25) is 0 Å². The summed E-state index contributed by atoms with van der Waals surface area (Å²) < 4.78 is 145. The molecule has 0 saturated heterocycles. The average molecular weight is 751 g/mol. The SMILES string of the molecule is CN(C)c1ccc(-c2cc(/C=C(/C#N)c3c(F)c(F)c(F)c(F)c3F)c(-c3ccc(N(C)C)cc3)cc2/C=C(\C#N)c2c(F)c(F)c(F)c(F)c2F)cc1. The number of nitrogens with zero attached hydrogens (tertiary/aromatic N) is 4. The van der Waals surface area contributed by atoms with Gasteiger partial charge in [0.1, 0.15) is 0 Å². The molecule has 0 bridgehead atoms. The quantitative estimate of drug-likeness (QED) is 0.0521. The summed E-state index contributed by atoms with van der Waals surface area (Å²) in [5.41, 5.74) is -2.87. The highest BCUT2D eigenvalue weighted by molar-refractivity contribution is 5.99. The Hall–Kier alpha value is -6.54. The number of allylic oxidation sites excluding steroid dienone is 2. The van der Waals surface area contributed by atoms with Crippen molar-refractivity contribution >= 4 is 34.7 Å². The van der Waals surface area contributed by atoms with Crippen molar-refractivity contribution in [2.75, 3.05) is 38.0 Å². The number of hydrogen-bond donors (Lipinski definition) is 0. The van der Waals surface area contributed by atoms with E-state index in [9.17, 15) is 54.4 Å². The maximum Gasteiger partial charge on any atom is 0.200 e. The van der Waals surface area contributed by atoms with Crippen LogP contribution in [-0.4, -0.2) is 28.2 Å². The molecule has 0 fully saturated rings. The molecule has 0 atom stereocenters. The van der Waals surface area contributed by atoms with Crippen molar-refractivity contribution in [3.63, 3.8) is 0 Å². The summed E-state index contributed by atoms with van der Waals surface area (Å²) in [5, 5.41) is 20.0. The molecule has 0 aliphatic rings. The van der Waals surface area contributed by atoms with E-state index >= 15 is 0 Å². The van der Waals surface area contributed by atoms with Gasteiger partial charge in [-0.2, -0.15) is 10.5 Å². The Kier molecular flexibility index (Phi) is 10.9. The van der Waals surface area contributed by atoms with Gasteiger partial charge in [0.15, 0.2) is 46.5 Å². The minimum absolute atomic E-state index is 0.0494. The molecule has 5 rings (SSSR count). The van der Waals surface area contributed by atoms with E-state index in [1.807, 2.05) is 0 Å². The summed E-state index contributed by atoms with van der Waals surface area (Å²) >= 11 is 0. The summed E-state index contributed by atoms with van der Waals surface area (Å²) in [7, 11) is 6.98. The maximum absolute atomic E-state index is 15.0. The molecule has 0 aromatic heterocycles. The second-order valence-electron chi connectivity index (χ2n) is 12.1. The Morgan fingerprint density at radius 3 is 0.944 bits per heavy atom. The van der Waals surface area contributed by atoms with E-state index in [1.54, 1.807) is 86.5 Å². The molecule has 0 radical (unpaired) electrons. The fourth-order valence-electron chi connectivity index (χ4n) is 5.56. The Morgan fingerprint density at radius 1 is 0.444 bits per heavy atom. The summed E-state index contributed by atoms with van der Waals surface area (Å²) in [6, 6.07) is 18.5. The molecule has 0 aliphatic carbocycles. The predicted octanol–water partition coefficient (Wildman–Crippen LogP) is 10.7. The molecule has 274 valence electrons. The monoisotopic (exact) mass is 750 g/mol. The average Bonchev–Trinajstić information content (AvgIpc) is 3.17. The smallest absolute Gasteiger partial charge is 0.200 e. The first kappa shape index (κ1) is 38.7. The first-order chi connectivity index (χ1) is 25.5. The Labute approximate surface area is 302 Å². The van der Waals surface area contributed by atoms with Crippen LogP contribution in [0.5, 0.6) is 0 Å². The van der Waals surface area contributed by atoms with Crippen LogP contribution < -0.4 is 9.80 Å². The van der Waals surface area contributed by atoms with Crippen LogP contribution in [0.2, 0.25) is 0 Å². The van der Waals surface area contributed by atoms with Crippen LogP contribution in [0.25, 0.3) is 45.6 Å². The molecule has 0 saturated carbocycles. The third kappa shape index (κ3) is 6.98. The van der Waals surface area contributed by atoms with E-state index in [4.69, 9.17) is 0 Å². The van der Waals surface area contributed by atoms with E-state index in [1.165, 1.54) is 24.3 Å². The molecule has 5 aromatic carbocycles. The van der Waals surface area contributed by atoms with E-state index in [2.05, 4.69) is 0 Å². The van der Waals surface area contributed by atoms with Gasteiger partial charge in [-0.25, -0.2) is 43.9 Å². The van der Waals surface area contributed by atoms with Gasteiger partial charge in [0, 0.05) is 39.6 Å². The number of hydrogen-bond acceptors (Lipinski definition) is 4. The highest BCUT2D eigenvalue weighted by atomic mass is 19.2. The molecule has 0 heterocycles. The van der Waals surface area contributed by atoms with Crippen LogP contribution in [0, 0.1) is 80.8 Å². The van der Waals surface area contributed by atoms with Crippen molar-refractivity contribution in [1.82, 2.24) is 0 Å². The summed E-state index contributed by atoms with van der Waals surface area (Å²) in [6.07, 6.45) is 1.74. The number of halogens is 10. The van der Waals surface area contributed by atoms with Gasteiger partial charge in [-0.15, -0.1) is 0 Å². The third-order valence-corrected chi connectivity index (χ3v) is 8.41. The fourth-order valence-corrected chi connectivity index (χ4v) is 5.56. The van der Waals surface area contributed by atoms with Gasteiger partial charge in [0.25, 0.3) is 0 Å². The molecule has 5 aromatic rings. The molecule has 54 heavy (non-hydrogen) atoms. The van der Waals surface area contributed by atoms with E-state index in [0.717, 1.165) is 12.2 Å². The summed E-state index contributed by atoms with van der Waals surface area (Å²) in [6.45, 7) is 0. The number of benzene rings is 5. The minimum atomic E-state index is -2.44. The molecule has 0 aliphatic heterocycles. The Morgan fingerprint density at radius 2 is 0.704 bits per heavy atom. The zero-order valence-electron chi connectivity index (χ0n) is 28.5. The summed E-state index contributed by atoms with van der Waals surface area (Å²) in [5.74, 6) is -23.1. The molecule has 14 heteroatoms. The molecule has 4 nitrogen and oxygen atoms in total. The normalized spacial score (nSPS) is 11.7. The molecule has 0 amide bonds. The van der Waals surface area contributed by atoms with Gasteiger partial charge in [0.2, 0.25) is 11.6 Å². The number of nitriles is 2. The largest absolute Gasteiger partial charge is 0.378 e. The van der Waals surface area contributed by atoms with Crippen LogP contribution in [-0.2, 0) is 0 Å².